The van der Waals surface area contributed by atoms with Gasteiger partial charge in [-0.3, -0.25) is 9.59 Å². The maximum Gasteiger partial charge on any atom is 0.291 e. The van der Waals surface area contributed by atoms with Gasteiger partial charge in [0, 0.05) is 18.5 Å². The molecule has 2 heterocycles. The third kappa shape index (κ3) is 2.56. The average Bonchev–Trinajstić information content (AvgIpc) is 2.58. The van der Waals surface area contributed by atoms with Gasteiger partial charge in [-0.05, 0) is 25.3 Å². The van der Waals surface area contributed by atoms with E-state index >= 15 is 0 Å². The number of pyridine rings is 1. The smallest absolute Gasteiger partial charge is 0.291 e. The molecule has 1 amide bonds. The molecule has 1 aliphatic heterocycles. The van der Waals surface area contributed by atoms with Crippen molar-refractivity contribution in [2.45, 2.75) is 19.3 Å². The number of aromatic nitrogens is 1. The highest BCUT2D eigenvalue weighted by molar-refractivity contribution is 6.06. The number of hydrogen-bond donors (Lipinski definition) is 0. The summed E-state index contributed by atoms with van der Waals surface area (Å²) in [5.74, 6) is -0.146. The molecule has 1 aromatic carbocycles. The summed E-state index contributed by atoms with van der Waals surface area (Å²) in [6.07, 6.45) is 4.37. The van der Waals surface area contributed by atoms with E-state index in [1.54, 1.807) is 29.2 Å². The number of hydrogen-bond acceptors (Lipinski definition) is 3. The predicted molar refractivity (Wildman–Crippen MR) is 80.5 cm³/mol. The Kier molecular flexibility index (Phi) is 4.09. The van der Waals surface area contributed by atoms with Gasteiger partial charge in [-0.25, -0.2) is 4.39 Å². The molecule has 1 aliphatic rings. The van der Waals surface area contributed by atoms with Crippen LogP contribution in [-0.4, -0.2) is 35.5 Å². The van der Waals surface area contributed by atoms with Crippen molar-refractivity contribution in [3.05, 3.63) is 46.4 Å². The monoisotopic (exact) mass is 304 g/mol. The van der Waals surface area contributed by atoms with Gasteiger partial charge in [-0.15, -0.1) is 4.73 Å². The zero-order chi connectivity index (χ0) is 15.5. The first-order chi connectivity index (χ1) is 10.7. The number of nitrogens with zero attached hydrogens (tertiary/aromatic N) is 2. The van der Waals surface area contributed by atoms with Gasteiger partial charge in [0.15, 0.2) is 0 Å². The van der Waals surface area contributed by atoms with E-state index in [0.29, 0.717) is 29.4 Å². The molecule has 1 fully saturated rings. The van der Waals surface area contributed by atoms with Gasteiger partial charge >= 0.3 is 0 Å². The fourth-order valence-electron chi connectivity index (χ4n) is 2.85. The van der Waals surface area contributed by atoms with Crippen molar-refractivity contribution in [1.29, 1.82) is 0 Å². The predicted octanol–water partition coefficient (Wildman–Crippen LogP) is 1.98. The Morgan fingerprint density at radius 3 is 2.50 bits per heavy atom. The van der Waals surface area contributed by atoms with Crippen molar-refractivity contribution in [3.63, 3.8) is 0 Å². The summed E-state index contributed by atoms with van der Waals surface area (Å²) in [4.78, 5) is 31.4. The fourth-order valence-corrected chi connectivity index (χ4v) is 2.85. The van der Waals surface area contributed by atoms with Gasteiger partial charge in [-0.2, -0.15) is 0 Å². The number of alkyl halides is 1. The van der Waals surface area contributed by atoms with Gasteiger partial charge in [0.25, 0.3) is 18.3 Å². The van der Waals surface area contributed by atoms with Crippen molar-refractivity contribution in [2.24, 2.45) is 0 Å². The molecule has 0 spiro atoms. The van der Waals surface area contributed by atoms with Crippen LogP contribution in [0.15, 0.2) is 35.3 Å². The molecule has 1 saturated heterocycles. The molecule has 1 aromatic heterocycles. The Bertz CT molecular complexity index is 751. The zero-order valence-corrected chi connectivity index (χ0v) is 12.1. The van der Waals surface area contributed by atoms with Gasteiger partial charge in [0.1, 0.15) is 0 Å². The minimum Gasteiger partial charge on any atom is -0.377 e. The van der Waals surface area contributed by atoms with E-state index in [0.717, 1.165) is 24.0 Å². The molecule has 0 radical (unpaired) electrons. The molecule has 0 aliphatic carbocycles. The van der Waals surface area contributed by atoms with Crippen molar-refractivity contribution in [1.82, 2.24) is 9.63 Å². The van der Waals surface area contributed by atoms with Crippen molar-refractivity contribution in [2.75, 3.05) is 20.0 Å². The largest absolute Gasteiger partial charge is 0.377 e. The molecular formula is C16H17FN2O3. The Balaban J connectivity index is 2.13. The Hall–Kier alpha value is -2.37. The molecule has 0 bridgehead atoms. The van der Waals surface area contributed by atoms with Gasteiger partial charge in [0.05, 0.1) is 17.1 Å². The first kappa shape index (κ1) is 14.6. The van der Waals surface area contributed by atoms with Crippen molar-refractivity contribution >= 4 is 16.7 Å². The fraction of sp³-hybridized carbons (Fsp3) is 0.375. The second kappa shape index (κ2) is 6.17. The van der Waals surface area contributed by atoms with Crippen LogP contribution in [0.1, 0.15) is 29.6 Å². The molecule has 0 unspecified atom stereocenters. The van der Waals surface area contributed by atoms with Gasteiger partial charge in [-0.1, -0.05) is 18.2 Å². The highest BCUT2D eigenvalue weighted by Crippen LogP contribution is 2.19. The molecule has 6 heteroatoms. The van der Waals surface area contributed by atoms with Crippen molar-refractivity contribution in [3.8, 4) is 0 Å². The molecule has 22 heavy (non-hydrogen) atoms. The summed E-state index contributed by atoms with van der Waals surface area (Å²) in [6, 6.07) is 6.82. The lowest BCUT2D eigenvalue weighted by molar-refractivity contribution is 0.0360. The highest BCUT2D eigenvalue weighted by atomic mass is 19.1. The minimum absolute atomic E-state index is 0.146. The van der Waals surface area contributed by atoms with E-state index < -0.39 is 12.4 Å². The molecule has 0 atom stereocenters. The first-order valence-electron chi connectivity index (χ1n) is 7.35. The summed E-state index contributed by atoms with van der Waals surface area (Å²) >= 11 is 0. The minimum atomic E-state index is -1.13. The second-order valence-electron chi connectivity index (χ2n) is 5.31. The number of halogens is 1. The van der Waals surface area contributed by atoms with Gasteiger partial charge < -0.3 is 9.74 Å². The van der Waals surface area contributed by atoms with Crippen LogP contribution in [0.4, 0.5) is 4.39 Å². The number of rotatable bonds is 3. The van der Waals surface area contributed by atoms with E-state index in [-0.39, 0.29) is 5.91 Å². The van der Waals surface area contributed by atoms with E-state index in [1.807, 2.05) is 0 Å². The third-order valence-electron chi connectivity index (χ3n) is 3.96. The number of piperidine rings is 1. The van der Waals surface area contributed by atoms with E-state index in [2.05, 4.69) is 4.84 Å². The first-order valence-corrected chi connectivity index (χ1v) is 7.35. The maximum atomic E-state index is 12.7. The SMILES string of the molecule is O=C(c1cn(OCF)c(=O)c2ccccc12)N1CCCCC1. The van der Waals surface area contributed by atoms with Crippen LogP contribution >= 0.6 is 0 Å². The van der Waals surface area contributed by atoms with Gasteiger partial charge in [0.2, 0.25) is 0 Å². The Morgan fingerprint density at radius 1 is 1.14 bits per heavy atom. The van der Waals surface area contributed by atoms with E-state index in [9.17, 15) is 14.0 Å². The lowest BCUT2D eigenvalue weighted by atomic mass is 10.0. The number of carbonyl (C=O) groups is 1. The summed E-state index contributed by atoms with van der Waals surface area (Å²) < 4.78 is 13.3. The number of fused-ring (bicyclic) bond motifs is 1. The summed E-state index contributed by atoms with van der Waals surface area (Å²) in [5.41, 5.74) is -0.103. The number of carbonyl (C=O) groups excluding carboxylic acids is 1. The maximum absolute atomic E-state index is 12.7. The van der Waals surface area contributed by atoms with Crippen molar-refractivity contribution < 1.29 is 14.0 Å². The standard InChI is InChI=1S/C16H17FN2O3/c17-11-22-19-10-14(15(20)18-8-4-1-5-9-18)12-6-2-3-7-13(12)16(19)21/h2-3,6-7,10H,1,4-5,8-9,11H2. The topological polar surface area (TPSA) is 51.5 Å². The normalized spacial score (nSPS) is 15.0. The third-order valence-corrected chi connectivity index (χ3v) is 3.96. The average molecular weight is 304 g/mol. The molecule has 2 aromatic rings. The molecular weight excluding hydrogens is 287 g/mol. The molecule has 3 rings (SSSR count). The number of amides is 1. The zero-order valence-electron chi connectivity index (χ0n) is 12.1. The Labute approximate surface area is 126 Å². The van der Waals surface area contributed by atoms with Crippen LogP contribution in [0, 0.1) is 0 Å². The molecule has 5 nitrogen and oxygen atoms in total. The molecule has 116 valence electrons. The number of benzene rings is 1. The summed E-state index contributed by atoms with van der Waals surface area (Å²) in [5, 5.41) is 0.917. The quantitative estimate of drug-likeness (QED) is 0.871. The van der Waals surface area contributed by atoms with Crippen LogP contribution in [0.3, 0.4) is 0 Å². The Morgan fingerprint density at radius 2 is 1.82 bits per heavy atom. The van der Waals surface area contributed by atoms with Crippen LogP contribution in [0.25, 0.3) is 10.8 Å². The summed E-state index contributed by atoms with van der Waals surface area (Å²) in [6.45, 7) is 0.280. The highest BCUT2D eigenvalue weighted by Gasteiger charge is 2.22. The van der Waals surface area contributed by atoms with E-state index in [4.69, 9.17) is 0 Å². The van der Waals surface area contributed by atoms with E-state index in [1.165, 1.54) is 6.20 Å². The molecule has 0 N–H and O–H groups in total. The number of likely N-dealkylation sites (tertiary alicyclic amines) is 1. The lowest BCUT2D eigenvalue weighted by Gasteiger charge is -2.27. The summed E-state index contributed by atoms with van der Waals surface area (Å²) in [7, 11) is 0. The van der Waals surface area contributed by atoms with Crippen LogP contribution in [0.5, 0.6) is 0 Å². The van der Waals surface area contributed by atoms with Crippen LogP contribution in [-0.2, 0) is 0 Å². The van der Waals surface area contributed by atoms with Crippen LogP contribution < -0.4 is 10.4 Å². The second-order valence-corrected chi connectivity index (χ2v) is 5.31. The lowest BCUT2D eigenvalue weighted by Crippen LogP contribution is -2.37. The molecule has 0 saturated carbocycles. The van der Waals surface area contributed by atoms with Crippen LogP contribution in [0.2, 0.25) is 0 Å².